The van der Waals surface area contributed by atoms with Crippen LogP contribution in [0.15, 0.2) is 24.3 Å². The second-order valence-corrected chi connectivity index (χ2v) is 5.20. The van der Waals surface area contributed by atoms with Crippen LogP contribution in [0.2, 0.25) is 0 Å². The predicted molar refractivity (Wildman–Crippen MR) is 76.4 cm³/mol. The Morgan fingerprint density at radius 2 is 2.35 bits per heavy atom. The summed E-state index contributed by atoms with van der Waals surface area (Å²) in [6, 6.07) is 5.91. The molecule has 0 amide bonds. The summed E-state index contributed by atoms with van der Waals surface area (Å²) in [6.07, 6.45) is 2.93. The summed E-state index contributed by atoms with van der Waals surface area (Å²) in [7, 11) is 0. The van der Waals surface area contributed by atoms with Crippen molar-refractivity contribution >= 4 is 5.78 Å². The van der Waals surface area contributed by atoms with Crippen LogP contribution in [-0.2, 0) is 4.74 Å². The number of hydrogen-bond donors (Lipinski definition) is 0. The Morgan fingerprint density at radius 3 is 3.10 bits per heavy atom. The molecule has 0 N–H and O–H groups in total. The number of rotatable bonds is 6. The van der Waals surface area contributed by atoms with Crippen LogP contribution >= 0.6 is 0 Å². The Labute approximate surface area is 119 Å². The van der Waals surface area contributed by atoms with Gasteiger partial charge in [0, 0.05) is 31.7 Å². The van der Waals surface area contributed by atoms with Gasteiger partial charge >= 0.3 is 0 Å². The molecule has 1 aliphatic rings. The van der Waals surface area contributed by atoms with E-state index >= 15 is 0 Å². The molecule has 1 aromatic rings. The lowest BCUT2D eigenvalue weighted by Crippen LogP contribution is -2.40. The first-order chi connectivity index (χ1) is 9.69. The van der Waals surface area contributed by atoms with Crippen LogP contribution in [0, 0.1) is 5.82 Å². The molecule has 0 saturated carbocycles. The predicted octanol–water partition coefficient (Wildman–Crippen LogP) is 2.90. The molecule has 1 saturated heterocycles. The van der Waals surface area contributed by atoms with Crippen molar-refractivity contribution in [2.45, 2.75) is 32.3 Å². The van der Waals surface area contributed by atoms with Crippen LogP contribution < -0.4 is 0 Å². The molecule has 1 fully saturated rings. The van der Waals surface area contributed by atoms with Crippen molar-refractivity contribution in [3.63, 3.8) is 0 Å². The van der Waals surface area contributed by atoms with E-state index in [1.807, 2.05) is 6.92 Å². The summed E-state index contributed by atoms with van der Waals surface area (Å²) in [6.45, 7) is 5.37. The first-order valence-corrected chi connectivity index (χ1v) is 7.31. The molecule has 20 heavy (non-hydrogen) atoms. The number of carbonyl (C=O) groups excluding carboxylic acids is 1. The molecule has 1 aliphatic heterocycles. The number of carbonyl (C=O) groups is 1. The summed E-state index contributed by atoms with van der Waals surface area (Å²) in [5.41, 5.74) is 0.461. The van der Waals surface area contributed by atoms with Crippen LogP contribution in [0.5, 0.6) is 0 Å². The van der Waals surface area contributed by atoms with Crippen LogP contribution in [0.4, 0.5) is 4.39 Å². The lowest BCUT2D eigenvalue weighted by Gasteiger charge is -2.32. The van der Waals surface area contributed by atoms with Gasteiger partial charge in [0.15, 0.2) is 5.78 Å². The molecule has 4 heteroatoms. The maximum atomic E-state index is 13.1. The Hall–Kier alpha value is -1.26. The Kier molecular flexibility index (Phi) is 5.68. The summed E-state index contributed by atoms with van der Waals surface area (Å²) in [5, 5.41) is 0. The maximum Gasteiger partial charge on any atom is 0.164 e. The fourth-order valence-electron chi connectivity index (χ4n) is 2.65. The Morgan fingerprint density at radius 1 is 1.50 bits per heavy atom. The lowest BCUT2D eigenvalue weighted by atomic mass is 10.1. The number of benzene rings is 1. The third kappa shape index (κ3) is 4.39. The maximum absolute atomic E-state index is 13.1. The number of ether oxygens (including phenoxy) is 1. The van der Waals surface area contributed by atoms with E-state index in [1.54, 1.807) is 12.1 Å². The fourth-order valence-corrected chi connectivity index (χ4v) is 2.65. The van der Waals surface area contributed by atoms with E-state index in [0.717, 1.165) is 39.1 Å². The molecule has 0 spiro atoms. The number of ketones is 1. The number of likely N-dealkylation sites (tertiary alicyclic amines) is 1. The van der Waals surface area contributed by atoms with Crippen LogP contribution in [0.25, 0.3) is 0 Å². The van der Waals surface area contributed by atoms with Gasteiger partial charge in [-0.2, -0.15) is 0 Å². The van der Waals surface area contributed by atoms with E-state index in [9.17, 15) is 9.18 Å². The highest BCUT2D eigenvalue weighted by molar-refractivity contribution is 5.96. The van der Waals surface area contributed by atoms with Gasteiger partial charge in [0.05, 0.1) is 6.10 Å². The van der Waals surface area contributed by atoms with Crippen molar-refractivity contribution in [3.8, 4) is 0 Å². The van der Waals surface area contributed by atoms with Crippen molar-refractivity contribution in [2.75, 3.05) is 26.2 Å². The third-order valence-electron chi connectivity index (χ3n) is 3.67. The number of nitrogens with zero attached hydrogens (tertiary/aromatic N) is 1. The van der Waals surface area contributed by atoms with E-state index in [4.69, 9.17) is 4.74 Å². The zero-order valence-electron chi connectivity index (χ0n) is 12.0. The van der Waals surface area contributed by atoms with Crippen molar-refractivity contribution in [2.24, 2.45) is 0 Å². The minimum atomic E-state index is -0.356. The Bertz CT molecular complexity index is 448. The number of piperidine rings is 1. The van der Waals surface area contributed by atoms with Gasteiger partial charge in [-0.25, -0.2) is 4.39 Å². The first-order valence-electron chi connectivity index (χ1n) is 7.31. The third-order valence-corrected chi connectivity index (χ3v) is 3.67. The van der Waals surface area contributed by atoms with Gasteiger partial charge in [0.2, 0.25) is 0 Å². The van der Waals surface area contributed by atoms with Gasteiger partial charge < -0.3 is 9.64 Å². The van der Waals surface area contributed by atoms with Gasteiger partial charge in [-0.3, -0.25) is 4.79 Å². The number of hydrogen-bond acceptors (Lipinski definition) is 3. The highest BCUT2D eigenvalue weighted by Gasteiger charge is 2.20. The molecular formula is C16H22FNO2. The summed E-state index contributed by atoms with van der Waals surface area (Å²) in [5.74, 6) is -0.353. The summed E-state index contributed by atoms with van der Waals surface area (Å²) < 4.78 is 18.7. The molecule has 3 nitrogen and oxygen atoms in total. The van der Waals surface area contributed by atoms with E-state index in [0.29, 0.717) is 12.0 Å². The van der Waals surface area contributed by atoms with Gasteiger partial charge in [0.25, 0.3) is 0 Å². The van der Waals surface area contributed by atoms with Crippen LogP contribution in [-0.4, -0.2) is 43.0 Å². The summed E-state index contributed by atoms with van der Waals surface area (Å²) >= 11 is 0. The molecule has 0 radical (unpaired) electrons. The SMILES string of the molecule is CCOC1CCCN(CCC(=O)c2cccc(F)c2)C1. The molecule has 0 bridgehead atoms. The minimum absolute atomic E-state index is 0.00281. The van der Waals surface area contributed by atoms with Gasteiger partial charge in [-0.05, 0) is 38.4 Å². The van der Waals surface area contributed by atoms with Crippen molar-refractivity contribution in [3.05, 3.63) is 35.6 Å². The smallest absolute Gasteiger partial charge is 0.164 e. The largest absolute Gasteiger partial charge is 0.377 e. The molecule has 1 atom stereocenters. The van der Waals surface area contributed by atoms with Gasteiger partial charge in [-0.15, -0.1) is 0 Å². The minimum Gasteiger partial charge on any atom is -0.377 e. The number of Topliss-reactive ketones (excluding diaryl/α,β-unsaturated/α-hetero) is 1. The molecule has 1 unspecified atom stereocenters. The normalized spacial score (nSPS) is 20.0. The lowest BCUT2D eigenvalue weighted by molar-refractivity contribution is 0.00589. The van der Waals surface area contributed by atoms with Crippen LogP contribution in [0.3, 0.4) is 0 Å². The topological polar surface area (TPSA) is 29.5 Å². The number of halogens is 1. The van der Waals surface area contributed by atoms with Crippen molar-refractivity contribution in [1.82, 2.24) is 4.90 Å². The zero-order chi connectivity index (χ0) is 14.4. The van der Waals surface area contributed by atoms with Gasteiger partial charge in [0.1, 0.15) is 5.82 Å². The standard InChI is InChI=1S/C16H22FNO2/c1-2-20-15-7-4-9-18(12-15)10-8-16(19)13-5-3-6-14(17)11-13/h3,5-6,11,15H,2,4,7-10,12H2,1H3. The van der Waals surface area contributed by atoms with Crippen molar-refractivity contribution in [1.29, 1.82) is 0 Å². The summed E-state index contributed by atoms with van der Waals surface area (Å²) in [4.78, 5) is 14.3. The van der Waals surface area contributed by atoms with E-state index in [-0.39, 0.29) is 17.7 Å². The highest BCUT2D eigenvalue weighted by Crippen LogP contribution is 2.14. The molecule has 0 aliphatic carbocycles. The monoisotopic (exact) mass is 279 g/mol. The second kappa shape index (κ2) is 7.50. The zero-order valence-corrected chi connectivity index (χ0v) is 12.0. The fraction of sp³-hybridized carbons (Fsp3) is 0.562. The average molecular weight is 279 g/mol. The van der Waals surface area contributed by atoms with Crippen molar-refractivity contribution < 1.29 is 13.9 Å². The highest BCUT2D eigenvalue weighted by atomic mass is 19.1. The molecule has 2 rings (SSSR count). The molecule has 0 aromatic heterocycles. The average Bonchev–Trinajstić information content (AvgIpc) is 2.45. The molecule has 1 heterocycles. The van der Waals surface area contributed by atoms with E-state index < -0.39 is 0 Å². The van der Waals surface area contributed by atoms with E-state index in [2.05, 4.69) is 4.90 Å². The van der Waals surface area contributed by atoms with Gasteiger partial charge in [-0.1, -0.05) is 12.1 Å². The van der Waals surface area contributed by atoms with E-state index in [1.165, 1.54) is 12.1 Å². The quantitative estimate of drug-likeness (QED) is 0.750. The Balaban J connectivity index is 1.81. The molecule has 1 aromatic carbocycles. The first kappa shape index (κ1) is 15.1. The molecular weight excluding hydrogens is 257 g/mol. The molecule has 110 valence electrons. The second-order valence-electron chi connectivity index (χ2n) is 5.20. The van der Waals surface area contributed by atoms with Crippen LogP contribution in [0.1, 0.15) is 36.5 Å².